The summed E-state index contributed by atoms with van der Waals surface area (Å²) in [5.41, 5.74) is 1.21. The van der Waals surface area contributed by atoms with Crippen LogP contribution in [0, 0.1) is 5.92 Å². The number of hydrogen-bond acceptors (Lipinski definition) is 4. The molecule has 0 bridgehead atoms. The van der Waals surface area contributed by atoms with Gasteiger partial charge in [0.2, 0.25) is 0 Å². The largest absolute Gasteiger partial charge is 0.496 e. The van der Waals surface area contributed by atoms with Gasteiger partial charge in [0.25, 0.3) is 0 Å². The normalized spacial score (nSPS) is 19.4. The first-order chi connectivity index (χ1) is 10.2. The van der Waals surface area contributed by atoms with Crippen LogP contribution in [0.2, 0.25) is 0 Å². The second kappa shape index (κ2) is 8.00. The molecule has 2 N–H and O–H groups in total. The van der Waals surface area contributed by atoms with Gasteiger partial charge in [0.15, 0.2) is 0 Å². The van der Waals surface area contributed by atoms with Crippen molar-refractivity contribution < 1.29 is 14.6 Å². The Hall–Kier alpha value is -1.59. The van der Waals surface area contributed by atoms with Crippen molar-refractivity contribution in [3.63, 3.8) is 0 Å². The molecule has 1 fully saturated rings. The van der Waals surface area contributed by atoms with Crippen molar-refractivity contribution in [3.8, 4) is 5.75 Å². The summed E-state index contributed by atoms with van der Waals surface area (Å²) >= 11 is 0. The Morgan fingerprint density at radius 3 is 3.05 bits per heavy atom. The molecule has 1 aromatic rings. The van der Waals surface area contributed by atoms with Crippen LogP contribution in [0.25, 0.3) is 0 Å². The first-order valence-corrected chi connectivity index (χ1v) is 7.46. The summed E-state index contributed by atoms with van der Waals surface area (Å²) in [6.45, 7) is 3.80. The molecule has 1 saturated heterocycles. The number of ether oxygens (including phenoxy) is 1. The molecule has 0 spiro atoms. The van der Waals surface area contributed by atoms with Crippen LogP contribution in [0.4, 0.5) is 0 Å². The number of carboxylic acids is 1. The van der Waals surface area contributed by atoms with E-state index in [0.717, 1.165) is 44.8 Å². The average Bonchev–Trinajstić information content (AvgIpc) is 2.48. The Labute approximate surface area is 125 Å². The van der Waals surface area contributed by atoms with Gasteiger partial charge in [0.1, 0.15) is 5.75 Å². The van der Waals surface area contributed by atoms with Crippen molar-refractivity contribution in [3.05, 3.63) is 29.8 Å². The number of aliphatic carboxylic acids is 1. The number of rotatable bonds is 7. The molecule has 1 atom stereocenters. The van der Waals surface area contributed by atoms with Gasteiger partial charge in [-0.15, -0.1) is 0 Å². The molecule has 5 heteroatoms. The van der Waals surface area contributed by atoms with Crippen molar-refractivity contribution in [2.45, 2.75) is 19.4 Å². The maximum atomic E-state index is 10.5. The molecule has 116 valence electrons. The minimum Gasteiger partial charge on any atom is -0.496 e. The summed E-state index contributed by atoms with van der Waals surface area (Å²) in [5, 5.41) is 11.7. The van der Waals surface area contributed by atoms with Gasteiger partial charge in [0, 0.05) is 18.7 Å². The summed E-state index contributed by atoms with van der Waals surface area (Å²) in [7, 11) is 1.70. The third-order valence-electron chi connectivity index (χ3n) is 3.90. The lowest BCUT2D eigenvalue weighted by Crippen LogP contribution is -2.40. The van der Waals surface area contributed by atoms with E-state index >= 15 is 0 Å². The van der Waals surface area contributed by atoms with Crippen molar-refractivity contribution in [2.75, 3.05) is 33.3 Å². The van der Waals surface area contributed by atoms with Crippen LogP contribution in [0.3, 0.4) is 0 Å². The fourth-order valence-corrected chi connectivity index (χ4v) is 2.92. The number of carboxylic acid groups (broad SMARTS) is 1. The first kappa shape index (κ1) is 15.8. The fourth-order valence-electron chi connectivity index (χ4n) is 2.92. The highest BCUT2D eigenvalue weighted by Gasteiger charge is 2.20. The van der Waals surface area contributed by atoms with E-state index in [1.54, 1.807) is 7.11 Å². The summed E-state index contributed by atoms with van der Waals surface area (Å²) in [6.07, 6.45) is 2.32. The number of methoxy groups -OCH3 is 1. The number of nitrogens with one attached hydrogen (secondary N) is 1. The van der Waals surface area contributed by atoms with E-state index in [1.165, 1.54) is 5.56 Å². The fraction of sp³-hybridized carbons (Fsp3) is 0.562. The SMILES string of the molecule is COc1ccccc1CN1CCCC(CNCC(=O)O)C1. The number of likely N-dealkylation sites (tertiary alicyclic amines) is 1. The smallest absolute Gasteiger partial charge is 0.317 e. The molecule has 0 radical (unpaired) electrons. The van der Waals surface area contributed by atoms with Gasteiger partial charge in [-0.1, -0.05) is 18.2 Å². The standard InChI is InChI=1S/C16H24N2O3/c1-21-15-7-3-2-6-14(15)12-18-8-4-5-13(11-18)9-17-10-16(19)20/h2-3,6-7,13,17H,4-5,8-12H2,1H3,(H,19,20). The van der Waals surface area contributed by atoms with Crippen LogP contribution in [-0.2, 0) is 11.3 Å². The molecule has 0 saturated carbocycles. The second-order valence-electron chi connectivity index (χ2n) is 5.58. The number of benzene rings is 1. The van der Waals surface area contributed by atoms with Crippen molar-refractivity contribution in [1.29, 1.82) is 0 Å². The van der Waals surface area contributed by atoms with E-state index in [2.05, 4.69) is 16.3 Å². The number of para-hydroxylation sites is 1. The highest BCUT2D eigenvalue weighted by atomic mass is 16.5. The van der Waals surface area contributed by atoms with Gasteiger partial charge in [-0.2, -0.15) is 0 Å². The maximum Gasteiger partial charge on any atom is 0.317 e. The maximum absolute atomic E-state index is 10.5. The summed E-state index contributed by atoms with van der Waals surface area (Å²) in [5.74, 6) is 0.660. The van der Waals surface area contributed by atoms with E-state index < -0.39 is 5.97 Å². The molecule has 0 aromatic heterocycles. The van der Waals surface area contributed by atoms with Crippen molar-refractivity contribution >= 4 is 5.97 Å². The molecular weight excluding hydrogens is 268 g/mol. The molecule has 2 rings (SSSR count). The lowest BCUT2D eigenvalue weighted by molar-refractivity contribution is -0.136. The summed E-state index contributed by atoms with van der Waals surface area (Å²) < 4.78 is 5.40. The Kier molecular flexibility index (Phi) is 6.02. The molecule has 5 nitrogen and oxygen atoms in total. The van der Waals surface area contributed by atoms with Crippen molar-refractivity contribution in [1.82, 2.24) is 10.2 Å². The predicted octanol–water partition coefficient (Wildman–Crippen LogP) is 1.58. The zero-order valence-corrected chi connectivity index (χ0v) is 12.5. The van der Waals surface area contributed by atoms with Crippen LogP contribution < -0.4 is 10.1 Å². The average molecular weight is 292 g/mol. The van der Waals surface area contributed by atoms with Gasteiger partial charge in [-0.25, -0.2) is 0 Å². The first-order valence-electron chi connectivity index (χ1n) is 7.46. The lowest BCUT2D eigenvalue weighted by Gasteiger charge is -2.33. The Morgan fingerprint density at radius 1 is 1.48 bits per heavy atom. The summed E-state index contributed by atoms with van der Waals surface area (Å²) in [6, 6.07) is 8.11. The van der Waals surface area contributed by atoms with Gasteiger partial charge < -0.3 is 15.2 Å². The molecule has 0 amide bonds. The highest BCUT2D eigenvalue weighted by molar-refractivity contribution is 5.68. The van der Waals surface area contributed by atoms with Crippen LogP contribution in [0.1, 0.15) is 18.4 Å². The van der Waals surface area contributed by atoms with Crippen molar-refractivity contribution in [2.24, 2.45) is 5.92 Å². The number of hydrogen-bond donors (Lipinski definition) is 2. The molecule has 21 heavy (non-hydrogen) atoms. The number of piperidine rings is 1. The molecule has 1 aromatic carbocycles. The zero-order chi connectivity index (χ0) is 15.1. The lowest BCUT2D eigenvalue weighted by atomic mass is 9.97. The molecule has 1 heterocycles. The quantitative estimate of drug-likeness (QED) is 0.799. The van der Waals surface area contributed by atoms with Crippen LogP contribution in [-0.4, -0.2) is 49.3 Å². The third-order valence-corrected chi connectivity index (χ3v) is 3.90. The molecule has 0 aliphatic carbocycles. The van der Waals surface area contributed by atoms with E-state index in [0.29, 0.717) is 5.92 Å². The minimum atomic E-state index is -0.795. The van der Waals surface area contributed by atoms with Crippen LogP contribution in [0.15, 0.2) is 24.3 Å². The van der Waals surface area contributed by atoms with Crippen LogP contribution >= 0.6 is 0 Å². The van der Waals surface area contributed by atoms with Gasteiger partial charge in [0.05, 0.1) is 13.7 Å². The Balaban J connectivity index is 1.84. The van der Waals surface area contributed by atoms with Gasteiger partial charge in [-0.05, 0) is 37.9 Å². The zero-order valence-electron chi connectivity index (χ0n) is 12.5. The summed E-state index contributed by atoms with van der Waals surface area (Å²) in [4.78, 5) is 13.0. The molecule has 1 aliphatic rings. The molecular formula is C16H24N2O3. The Bertz CT molecular complexity index is 465. The van der Waals surface area contributed by atoms with E-state index in [-0.39, 0.29) is 6.54 Å². The third kappa shape index (κ3) is 5.02. The van der Waals surface area contributed by atoms with E-state index in [9.17, 15) is 4.79 Å². The second-order valence-corrected chi connectivity index (χ2v) is 5.58. The monoisotopic (exact) mass is 292 g/mol. The number of nitrogens with zero attached hydrogens (tertiary/aromatic N) is 1. The molecule has 1 aliphatic heterocycles. The van der Waals surface area contributed by atoms with E-state index in [1.807, 2.05) is 18.2 Å². The Morgan fingerprint density at radius 2 is 2.29 bits per heavy atom. The topological polar surface area (TPSA) is 61.8 Å². The highest BCUT2D eigenvalue weighted by Crippen LogP contribution is 2.23. The number of carbonyl (C=O) groups is 1. The minimum absolute atomic E-state index is 0.0447. The predicted molar refractivity (Wildman–Crippen MR) is 81.5 cm³/mol. The van der Waals surface area contributed by atoms with Gasteiger partial charge >= 0.3 is 5.97 Å². The van der Waals surface area contributed by atoms with Gasteiger partial charge in [-0.3, -0.25) is 9.69 Å². The van der Waals surface area contributed by atoms with Crippen LogP contribution in [0.5, 0.6) is 5.75 Å². The van der Waals surface area contributed by atoms with E-state index in [4.69, 9.17) is 9.84 Å². The molecule has 1 unspecified atom stereocenters.